The number of aliphatic hydroxyl groups is 1. The van der Waals surface area contributed by atoms with Gasteiger partial charge in [0.05, 0.1) is 6.10 Å². The van der Waals surface area contributed by atoms with E-state index in [0.717, 1.165) is 10.5 Å². The van der Waals surface area contributed by atoms with Gasteiger partial charge in [0.15, 0.2) is 5.12 Å². The molecular weight excluding hydrogens is 244 g/mol. The van der Waals surface area contributed by atoms with Crippen LogP contribution in [0.25, 0.3) is 0 Å². The molecule has 0 amide bonds. The number of hydrogen-bond acceptors (Lipinski definition) is 3. The summed E-state index contributed by atoms with van der Waals surface area (Å²) in [5, 5.41) is 9.90. The fourth-order valence-electron chi connectivity index (χ4n) is 1.61. The van der Waals surface area contributed by atoms with Crippen LogP contribution in [0.15, 0.2) is 65.6 Å². The smallest absolute Gasteiger partial charge is 0.196 e. The summed E-state index contributed by atoms with van der Waals surface area (Å²) in [5.41, 5.74) is 0.777. The van der Waals surface area contributed by atoms with Crippen molar-refractivity contribution in [2.45, 2.75) is 17.4 Å². The van der Waals surface area contributed by atoms with Crippen LogP contribution < -0.4 is 0 Å². The highest BCUT2D eigenvalue weighted by Gasteiger charge is 2.13. The monoisotopic (exact) mass is 258 g/mol. The predicted molar refractivity (Wildman–Crippen MR) is 73.3 cm³/mol. The zero-order valence-corrected chi connectivity index (χ0v) is 10.6. The van der Waals surface area contributed by atoms with Gasteiger partial charge in [0.25, 0.3) is 0 Å². The fourth-order valence-corrected chi connectivity index (χ4v) is 2.41. The second-order valence-electron chi connectivity index (χ2n) is 3.92. The summed E-state index contributed by atoms with van der Waals surface area (Å²) >= 11 is 1.17. The van der Waals surface area contributed by atoms with E-state index in [1.54, 1.807) is 0 Å². The quantitative estimate of drug-likeness (QED) is 0.854. The minimum absolute atomic E-state index is 0.0300. The van der Waals surface area contributed by atoms with Gasteiger partial charge >= 0.3 is 0 Å². The topological polar surface area (TPSA) is 37.3 Å². The van der Waals surface area contributed by atoms with Gasteiger partial charge in [-0.2, -0.15) is 0 Å². The van der Waals surface area contributed by atoms with E-state index in [9.17, 15) is 9.90 Å². The van der Waals surface area contributed by atoms with E-state index in [-0.39, 0.29) is 11.5 Å². The maximum Gasteiger partial charge on any atom is 0.196 e. The average Bonchev–Trinajstić information content (AvgIpc) is 2.40. The molecule has 0 aromatic heterocycles. The molecule has 0 aliphatic carbocycles. The molecule has 0 bridgehead atoms. The summed E-state index contributed by atoms with van der Waals surface area (Å²) < 4.78 is 0. The third kappa shape index (κ3) is 3.72. The van der Waals surface area contributed by atoms with Crippen LogP contribution in [0.5, 0.6) is 0 Å². The SMILES string of the molecule is O=C(C[C@@H](O)c1ccccc1)Sc1ccccc1. The normalized spacial score (nSPS) is 12.1. The van der Waals surface area contributed by atoms with Crippen molar-refractivity contribution in [1.82, 2.24) is 0 Å². The van der Waals surface area contributed by atoms with E-state index >= 15 is 0 Å². The average molecular weight is 258 g/mol. The Morgan fingerprint density at radius 1 is 1.00 bits per heavy atom. The van der Waals surface area contributed by atoms with Gasteiger partial charge in [0, 0.05) is 11.3 Å². The molecule has 0 spiro atoms. The number of carbonyl (C=O) groups is 1. The summed E-state index contributed by atoms with van der Waals surface area (Å²) in [4.78, 5) is 12.7. The maximum absolute atomic E-state index is 11.8. The second kappa shape index (κ2) is 6.38. The molecule has 18 heavy (non-hydrogen) atoms. The minimum Gasteiger partial charge on any atom is -0.388 e. The molecule has 1 atom stereocenters. The van der Waals surface area contributed by atoms with Gasteiger partial charge in [-0.1, -0.05) is 60.3 Å². The summed E-state index contributed by atoms with van der Waals surface area (Å²) in [7, 11) is 0. The highest BCUT2D eigenvalue weighted by atomic mass is 32.2. The van der Waals surface area contributed by atoms with Crippen molar-refractivity contribution in [2.75, 3.05) is 0 Å². The Bertz CT molecular complexity index is 496. The molecule has 0 aliphatic rings. The zero-order chi connectivity index (χ0) is 12.8. The van der Waals surface area contributed by atoms with Crippen molar-refractivity contribution in [3.63, 3.8) is 0 Å². The Balaban J connectivity index is 1.92. The van der Waals surface area contributed by atoms with Crippen LogP contribution in [-0.4, -0.2) is 10.2 Å². The lowest BCUT2D eigenvalue weighted by Gasteiger charge is -2.09. The Morgan fingerprint density at radius 2 is 1.56 bits per heavy atom. The van der Waals surface area contributed by atoms with E-state index in [1.807, 2.05) is 60.7 Å². The summed E-state index contributed by atoms with van der Waals surface area (Å²) in [6.07, 6.45) is -0.598. The second-order valence-corrected chi connectivity index (χ2v) is 5.05. The lowest BCUT2D eigenvalue weighted by molar-refractivity contribution is -0.112. The number of benzene rings is 2. The van der Waals surface area contributed by atoms with Crippen molar-refractivity contribution in [1.29, 1.82) is 0 Å². The van der Waals surface area contributed by atoms with Crippen molar-refractivity contribution in [3.8, 4) is 0 Å². The molecule has 2 aromatic rings. The van der Waals surface area contributed by atoms with Gasteiger partial charge in [-0.05, 0) is 17.7 Å². The van der Waals surface area contributed by atoms with E-state index < -0.39 is 6.10 Å². The number of hydrogen-bond donors (Lipinski definition) is 1. The number of carbonyl (C=O) groups excluding carboxylic acids is 1. The Kier molecular flexibility index (Phi) is 4.56. The van der Waals surface area contributed by atoms with Crippen LogP contribution >= 0.6 is 11.8 Å². The molecule has 0 unspecified atom stereocenters. The van der Waals surface area contributed by atoms with Crippen LogP contribution in [-0.2, 0) is 4.79 Å². The molecule has 0 saturated heterocycles. The fraction of sp³-hybridized carbons (Fsp3) is 0.133. The molecule has 0 fully saturated rings. The molecule has 0 radical (unpaired) electrons. The van der Waals surface area contributed by atoms with Gasteiger partial charge in [-0.25, -0.2) is 0 Å². The first-order valence-electron chi connectivity index (χ1n) is 5.74. The van der Waals surface area contributed by atoms with E-state index in [1.165, 1.54) is 11.8 Å². The van der Waals surface area contributed by atoms with Gasteiger partial charge in [-0.3, -0.25) is 4.79 Å². The van der Waals surface area contributed by atoms with Crippen molar-refractivity contribution in [2.24, 2.45) is 0 Å². The largest absolute Gasteiger partial charge is 0.388 e. The first kappa shape index (κ1) is 12.9. The summed E-state index contributed by atoms with van der Waals surface area (Å²) in [6.45, 7) is 0. The Morgan fingerprint density at radius 3 is 2.17 bits per heavy atom. The predicted octanol–water partition coefficient (Wildman–Crippen LogP) is 3.43. The Labute approximate surface area is 111 Å². The van der Waals surface area contributed by atoms with Crippen molar-refractivity contribution >= 4 is 16.9 Å². The highest BCUT2D eigenvalue weighted by molar-refractivity contribution is 8.13. The molecule has 92 valence electrons. The molecule has 2 rings (SSSR count). The van der Waals surface area contributed by atoms with Crippen LogP contribution in [0.4, 0.5) is 0 Å². The molecule has 3 heteroatoms. The lowest BCUT2D eigenvalue weighted by atomic mass is 10.1. The zero-order valence-electron chi connectivity index (χ0n) is 9.82. The first-order valence-corrected chi connectivity index (χ1v) is 6.56. The van der Waals surface area contributed by atoms with E-state index in [2.05, 4.69) is 0 Å². The van der Waals surface area contributed by atoms with Crippen LogP contribution in [0.1, 0.15) is 18.1 Å². The van der Waals surface area contributed by atoms with Gasteiger partial charge < -0.3 is 5.11 Å². The molecule has 2 aromatic carbocycles. The molecular formula is C15H14O2S. The molecule has 0 aliphatic heterocycles. The molecule has 2 nitrogen and oxygen atoms in total. The lowest BCUT2D eigenvalue weighted by Crippen LogP contribution is -2.03. The molecule has 0 saturated carbocycles. The number of rotatable bonds is 4. The van der Waals surface area contributed by atoms with E-state index in [4.69, 9.17) is 0 Å². The molecule has 1 N–H and O–H groups in total. The number of thioether (sulfide) groups is 1. The standard InChI is InChI=1S/C15H14O2S/c16-14(12-7-3-1-4-8-12)11-15(17)18-13-9-5-2-6-10-13/h1-10,14,16H,11H2/t14-/m1/s1. The van der Waals surface area contributed by atoms with Crippen LogP contribution in [0.2, 0.25) is 0 Å². The first-order chi connectivity index (χ1) is 8.75. The molecule has 0 heterocycles. The van der Waals surface area contributed by atoms with Gasteiger partial charge in [0.1, 0.15) is 0 Å². The third-order valence-corrected chi connectivity index (χ3v) is 3.42. The van der Waals surface area contributed by atoms with Gasteiger partial charge in [0.2, 0.25) is 0 Å². The third-order valence-electron chi connectivity index (χ3n) is 2.52. The highest BCUT2D eigenvalue weighted by Crippen LogP contribution is 2.24. The van der Waals surface area contributed by atoms with Gasteiger partial charge in [-0.15, -0.1) is 0 Å². The van der Waals surface area contributed by atoms with Crippen LogP contribution in [0.3, 0.4) is 0 Å². The van der Waals surface area contributed by atoms with Crippen LogP contribution in [0, 0.1) is 0 Å². The summed E-state index contributed by atoms with van der Waals surface area (Å²) in [5.74, 6) is 0. The maximum atomic E-state index is 11.8. The number of aliphatic hydroxyl groups excluding tert-OH is 1. The van der Waals surface area contributed by atoms with Crippen molar-refractivity contribution in [3.05, 3.63) is 66.2 Å². The Hall–Kier alpha value is -1.58. The van der Waals surface area contributed by atoms with E-state index in [0.29, 0.717) is 0 Å². The van der Waals surface area contributed by atoms with Crippen molar-refractivity contribution < 1.29 is 9.90 Å². The minimum atomic E-state index is -0.727. The summed E-state index contributed by atoms with van der Waals surface area (Å²) in [6, 6.07) is 18.7.